The van der Waals surface area contributed by atoms with E-state index >= 15 is 0 Å². The Morgan fingerprint density at radius 2 is 1.86 bits per heavy atom. The van der Waals surface area contributed by atoms with Gasteiger partial charge < -0.3 is 15.5 Å². The molecule has 1 aliphatic heterocycles. The molecule has 0 aromatic rings. The van der Waals surface area contributed by atoms with E-state index in [1.54, 1.807) is 0 Å². The van der Waals surface area contributed by atoms with Crippen LogP contribution < -0.4 is 5.73 Å². The maximum Gasteiger partial charge on any atom is 0.222 e. The highest BCUT2D eigenvalue weighted by molar-refractivity contribution is 5.85. The number of halogens is 2. The van der Waals surface area contributed by atoms with Crippen LogP contribution in [-0.4, -0.2) is 55.5 Å². The van der Waals surface area contributed by atoms with Crippen LogP contribution in [0.15, 0.2) is 0 Å². The molecule has 0 spiro atoms. The molecule has 0 atom stereocenters. The molecular weight excluding hydrogens is 309 g/mol. The number of nitrogens with two attached hydrogens (primary N) is 1. The molecule has 1 fully saturated rings. The van der Waals surface area contributed by atoms with Crippen molar-refractivity contribution in [2.45, 2.75) is 45.4 Å². The maximum atomic E-state index is 11.9. The van der Waals surface area contributed by atoms with Crippen molar-refractivity contribution in [2.75, 3.05) is 39.8 Å². The minimum atomic E-state index is 0. The Morgan fingerprint density at radius 3 is 2.38 bits per heavy atom. The Bertz CT molecular complexity index is 259. The van der Waals surface area contributed by atoms with Crippen LogP contribution in [0.3, 0.4) is 0 Å². The van der Waals surface area contributed by atoms with Crippen molar-refractivity contribution in [1.29, 1.82) is 0 Å². The second-order valence-corrected chi connectivity index (χ2v) is 5.83. The lowest BCUT2D eigenvalue weighted by atomic mass is 9.96. The number of carbonyl (C=O) groups is 1. The first-order valence-corrected chi connectivity index (χ1v) is 7.83. The molecule has 1 amide bonds. The van der Waals surface area contributed by atoms with Gasteiger partial charge in [-0.2, -0.15) is 0 Å². The number of piperidine rings is 1. The first-order chi connectivity index (χ1) is 9.17. The number of nitrogens with zero attached hydrogens (tertiary/aromatic N) is 2. The zero-order valence-electron chi connectivity index (χ0n) is 13.6. The largest absolute Gasteiger partial charge is 0.343 e. The Balaban J connectivity index is 0. The Kier molecular flexibility index (Phi) is 15.1. The molecule has 1 saturated heterocycles. The molecule has 0 aromatic heterocycles. The van der Waals surface area contributed by atoms with E-state index in [4.69, 9.17) is 5.73 Å². The first-order valence-electron chi connectivity index (χ1n) is 7.83. The van der Waals surface area contributed by atoms with E-state index in [2.05, 4.69) is 18.9 Å². The molecule has 0 radical (unpaired) electrons. The van der Waals surface area contributed by atoms with Crippen LogP contribution >= 0.6 is 24.8 Å². The van der Waals surface area contributed by atoms with Crippen LogP contribution in [0, 0.1) is 5.92 Å². The van der Waals surface area contributed by atoms with Crippen molar-refractivity contribution in [1.82, 2.24) is 9.80 Å². The zero-order chi connectivity index (χ0) is 14.1. The van der Waals surface area contributed by atoms with Crippen molar-refractivity contribution in [3.8, 4) is 0 Å². The highest BCUT2D eigenvalue weighted by atomic mass is 35.5. The molecule has 21 heavy (non-hydrogen) atoms. The molecular formula is C15H33Cl2N3O. The number of unbranched alkanes of at least 4 members (excludes halogenated alkanes) is 1. The van der Waals surface area contributed by atoms with Gasteiger partial charge in [-0.15, -0.1) is 24.8 Å². The first kappa shape index (κ1) is 23.2. The lowest BCUT2D eigenvalue weighted by Gasteiger charge is -2.34. The molecule has 1 aliphatic rings. The summed E-state index contributed by atoms with van der Waals surface area (Å²) in [5.41, 5.74) is 5.45. The fourth-order valence-corrected chi connectivity index (χ4v) is 2.74. The lowest BCUT2D eigenvalue weighted by molar-refractivity contribution is -0.132. The van der Waals surface area contributed by atoms with E-state index in [1.807, 2.05) is 4.90 Å². The summed E-state index contributed by atoms with van der Waals surface area (Å²) in [6.07, 6.45) is 6.30. The third kappa shape index (κ3) is 9.56. The summed E-state index contributed by atoms with van der Waals surface area (Å²) in [5.74, 6) is 1.06. The van der Waals surface area contributed by atoms with Crippen LogP contribution in [0.5, 0.6) is 0 Å². The Labute approximate surface area is 142 Å². The average molecular weight is 342 g/mol. The number of carbonyl (C=O) groups excluding carboxylic acids is 1. The van der Waals surface area contributed by atoms with E-state index in [-0.39, 0.29) is 24.8 Å². The number of likely N-dealkylation sites (tertiary alicyclic amines) is 1. The second kappa shape index (κ2) is 13.6. The molecule has 0 saturated carbocycles. The molecule has 0 unspecified atom stereocenters. The predicted molar refractivity (Wildman–Crippen MR) is 94.5 cm³/mol. The Morgan fingerprint density at radius 1 is 1.24 bits per heavy atom. The molecule has 1 rings (SSSR count). The van der Waals surface area contributed by atoms with Gasteiger partial charge in [0.25, 0.3) is 0 Å². The third-order valence-electron chi connectivity index (χ3n) is 4.03. The summed E-state index contributed by atoms with van der Waals surface area (Å²) in [6.45, 7) is 7.12. The van der Waals surface area contributed by atoms with Crippen molar-refractivity contribution < 1.29 is 4.79 Å². The predicted octanol–water partition coefficient (Wildman–Crippen LogP) is 2.54. The summed E-state index contributed by atoms with van der Waals surface area (Å²) in [5, 5.41) is 0. The summed E-state index contributed by atoms with van der Waals surface area (Å²) in [7, 11) is 2.22. The fraction of sp³-hybridized carbons (Fsp3) is 0.933. The zero-order valence-corrected chi connectivity index (χ0v) is 15.2. The van der Waals surface area contributed by atoms with Gasteiger partial charge in [0.2, 0.25) is 5.91 Å². The van der Waals surface area contributed by atoms with Gasteiger partial charge in [-0.25, -0.2) is 0 Å². The highest BCUT2D eigenvalue weighted by Crippen LogP contribution is 2.19. The van der Waals surface area contributed by atoms with E-state index in [0.29, 0.717) is 18.9 Å². The topological polar surface area (TPSA) is 49.6 Å². The molecule has 0 bridgehead atoms. The minimum Gasteiger partial charge on any atom is -0.343 e. The van der Waals surface area contributed by atoms with Gasteiger partial charge in [-0.05, 0) is 51.7 Å². The number of amides is 1. The number of hydrogen-bond acceptors (Lipinski definition) is 3. The van der Waals surface area contributed by atoms with Gasteiger partial charge in [0.05, 0.1) is 0 Å². The quantitative estimate of drug-likeness (QED) is 0.737. The molecule has 0 aromatic carbocycles. The maximum absolute atomic E-state index is 11.9. The summed E-state index contributed by atoms with van der Waals surface area (Å²) in [4.78, 5) is 16.4. The van der Waals surface area contributed by atoms with E-state index in [0.717, 1.165) is 38.3 Å². The summed E-state index contributed by atoms with van der Waals surface area (Å²) < 4.78 is 0. The van der Waals surface area contributed by atoms with Crippen molar-refractivity contribution >= 4 is 30.7 Å². The summed E-state index contributed by atoms with van der Waals surface area (Å²) in [6, 6.07) is 0. The van der Waals surface area contributed by atoms with Crippen molar-refractivity contribution in [3.05, 3.63) is 0 Å². The van der Waals surface area contributed by atoms with Crippen molar-refractivity contribution in [3.63, 3.8) is 0 Å². The lowest BCUT2D eigenvalue weighted by Crippen LogP contribution is -2.41. The molecule has 2 N–H and O–H groups in total. The van der Waals surface area contributed by atoms with E-state index < -0.39 is 0 Å². The molecule has 1 heterocycles. The van der Waals surface area contributed by atoms with E-state index in [1.165, 1.54) is 25.9 Å². The smallest absolute Gasteiger partial charge is 0.222 e. The summed E-state index contributed by atoms with van der Waals surface area (Å²) >= 11 is 0. The Hall–Kier alpha value is -0.0300. The minimum absolute atomic E-state index is 0. The van der Waals surface area contributed by atoms with Crippen LogP contribution in [0.25, 0.3) is 0 Å². The third-order valence-corrected chi connectivity index (χ3v) is 4.03. The highest BCUT2D eigenvalue weighted by Gasteiger charge is 2.22. The monoisotopic (exact) mass is 341 g/mol. The van der Waals surface area contributed by atoms with Gasteiger partial charge in [0, 0.05) is 26.1 Å². The standard InChI is InChI=1S/C15H31N3O.2ClH/c1-3-4-10-17(2)13-14-7-11-18(12-8-14)15(19)6-5-9-16;;/h14H,3-13,16H2,1-2H3;2*1H. The van der Waals surface area contributed by atoms with Gasteiger partial charge in [0.1, 0.15) is 0 Å². The van der Waals surface area contributed by atoms with E-state index in [9.17, 15) is 4.79 Å². The van der Waals surface area contributed by atoms with Gasteiger partial charge >= 0.3 is 0 Å². The van der Waals surface area contributed by atoms with Crippen LogP contribution in [0.1, 0.15) is 45.4 Å². The molecule has 6 heteroatoms. The molecule has 128 valence electrons. The van der Waals surface area contributed by atoms with Gasteiger partial charge in [-0.1, -0.05) is 13.3 Å². The van der Waals surface area contributed by atoms with Gasteiger partial charge in [-0.3, -0.25) is 4.79 Å². The molecule has 0 aliphatic carbocycles. The van der Waals surface area contributed by atoms with Crippen LogP contribution in [0.2, 0.25) is 0 Å². The van der Waals surface area contributed by atoms with Crippen LogP contribution in [0.4, 0.5) is 0 Å². The SMILES string of the molecule is CCCCN(C)CC1CCN(C(=O)CCCN)CC1.Cl.Cl. The normalized spacial score (nSPS) is 15.5. The number of rotatable bonds is 8. The number of hydrogen-bond donors (Lipinski definition) is 1. The van der Waals surface area contributed by atoms with Gasteiger partial charge in [0.15, 0.2) is 0 Å². The fourth-order valence-electron chi connectivity index (χ4n) is 2.74. The average Bonchev–Trinajstić information content (AvgIpc) is 2.43. The molecule has 4 nitrogen and oxygen atoms in total. The van der Waals surface area contributed by atoms with Crippen molar-refractivity contribution in [2.24, 2.45) is 11.7 Å². The second-order valence-electron chi connectivity index (χ2n) is 5.83. The van der Waals surface area contributed by atoms with Crippen LogP contribution in [-0.2, 0) is 4.79 Å².